The molecular formula is C16H22O2. The number of ether oxygens (including phenoxy) is 1. The number of hydrogen-bond donors (Lipinski definition) is 0. The topological polar surface area (TPSA) is 26.3 Å². The number of rotatable bonds is 4. The predicted molar refractivity (Wildman–Crippen MR) is 70.9 cm³/mol. The van der Waals surface area contributed by atoms with Crippen molar-refractivity contribution in [2.75, 3.05) is 6.61 Å². The SMILES string of the molecule is C=CCOC(=O)C=CC12CC3CC(CC(C3)C1)C2. The van der Waals surface area contributed by atoms with Crippen LogP contribution in [0.3, 0.4) is 0 Å². The molecule has 0 radical (unpaired) electrons. The van der Waals surface area contributed by atoms with E-state index in [1.165, 1.54) is 38.5 Å². The zero-order valence-corrected chi connectivity index (χ0v) is 10.9. The van der Waals surface area contributed by atoms with Crippen molar-refractivity contribution in [3.8, 4) is 0 Å². The van der Waals surface area contributed by atoms with Gasteiger partial charge in [-0.2, -0.15) is 0 Å². The minimum Gasteiger partial charge on any atom is -0.458 e. The van der Waals surface area contributed by atoms with Gasteiger partial charge in [0, 0.05) is 6.08 Å². The molecule has 18 heavy (non-hydrogen) atoms. The first-order valence-corrected chi connectivity index (χ1v) is 7.16. The van der Waals surface area contributed by atoms with Gasteiger partial charge >= 0.3 is 5.97 Å². The van der Waals surface area contributed by atoms with E-state index in [4.69, 9.17) is 4.74 Å². The zero-order chi connectivity index (χ0) is 12.6. The Morgan fingerprint density at radius 1 is 1.17 bits per heavy atom. The third-order valence-electron chi connectivity index (χ3n) is 5.00. The second-order valence-corrected chi connectivity index (χ2v) is 6.53. The quantitative estimate of drug-likeness (QED) is 0.431. The van der Waals surface area contributed by atoms with Crippen molar-refractivity contribution in [2.24, 2.45) is 23.2 Å². The molecule has 0 atom stereocenters. The molecule has 0 heterocycles. The molecule has 0 aromatic heterocycles. The first kappa shape index (κ1) is 12.0. The average molecular weight is 246 g/mol. The lowest BCUT2D eigenvalue weighted by Crippen LogP contribution is -2.45. The van der Waals surface area contributed by atoms with E-state index in [2.05, 4.69) is 12.7 Å². The van der Waals surface area contributed by atoms with Crippen molar-refractivity contribution in [2.45, 2.75) is 38.5 Å². The Morgan fingerprint density at radius 2 is 1.72 bits per heavy atom. The lowest BCUT2D eigenvalue weighted by Gasteiger charge is -2.55. The summed E-state index contributed by atoms with van der Waals surface area (Å²) in [7, 11) is 0. The fourth-order valence-corrected chi connectivity index (χ4v) is 4.82. The van der Waals surface area contributed by atoms with E-state index in [-0.39, 0.29) is 5.97 Å². The zero-order valence-electron chi connectivity index (χ0n) is 10.9. The monoisotopic (exact) mass is 246 g/mol. The maximum absolute atomic E-state index is 11.5. The average Bonchev–Trinajstić information content (AvgIpc) is 2.32. The van der Waals surface area contributed by atoms with Crippen LogP contribution in [-0.4, -0.2) is 12.6 Å². The summed E-state index contributed by atoms with van der Waals surface area (Å²) in [5, 5.41) is 0. The minimum absolute atomic E-state index is 0.217. The van der Waals surface area contributed by atoms with Crippen LogP contribution < -0.4 is 0 Å². The Bertz CT molecular complexity index is 345. The number of carbonyl (C=O) groups excluding carboxylic acids is 1. The number of esters is 1. The van der Waals surface area contributed by atoms with Crippen LogP contribution in [0.4, 0.5) is 0 Å². The van der Waals surface area contributed by atoms with Crippen molar-refractivity contribution in [3.05, 3.63) is 24.8 Å². The van der Waals surface area contributed by atoms with Gasteiger partial charge in [0.25, 0.3) is 0 Å². The molecule has 4 aliphatic rings. The summed E-state index contributed by atoms with van der Waals surface area (Å²) in [4.78, 5) is 11.5. The number of hydrogen-bond acceptors (Lipinski definition) is 2. The van der Waals surface area contributed by atoms with Crippen molar-refractivity contribution in [1.82, 2.24) is 0 Å². The molecule has 0 amide bonds. The first-order valence-electron chi connectivity index (χ1n) is 7.16. The molecule has 0 aliphatic heterocycles. The molecule has 4 saturated carbocycles. The van der Waals surface area contributed by atoms with Gasteiger partial charge in [0.15, 0.2) is 0 Å². The largest absolute Gasteiger partial charge is 0.458 e. The van der Waals surface area contributed by atoms with Crippen LogP contribution >= 0.6 is 0 Å². The summed E-state index contributed by atoms with van der Waals surface area (Å²) in [6.07, 6.45) is 13.6. The highest BCUT2D eigenvalue weighted by Gasteiger charge is 2.49. The van der Waals surface area contributed by atoms with Crippen LogP contribution in [0.25, 0.3) is 0 Å². The molecular weight excluding hydrogens is 224 g/mol. The smallest absolute Gasteiger partial charge is 0.330 e. The summed E-state index contributed by atoms with van der Waals surface area (Å²) in [5.41, 5.74) is 0.321. The molecule has 4 rings (SSSR count). The van der Waals surface area contributed by atoms with Gasteiger partial charge in [0.05, 0.1) is 0 Å². The van der Waals surface area contributed by atoms with Crippen LogP contribution in [0, 0.1) is 23.2 Å². The van der Waals surface area contributed by atoms with Crippen LogP contribution in [-0.2, 0) is 9.53 Å². The lowest BCUT2D eigenvalue weighted by atomic mass is 9.49. The van der Waals surface area contributed by atoms with Crippen molar-refractivity contribution >= 4 is 5.97 Å². The second-order valence-electron chi connectivity index (χ2n) is 6.53. The summed E-state index contributed by atoms with van der Waals surface area (Å²) in [6.45, 7) is 3.86. The Hall–Kier alpha value is -1.05. The van der Waals surface area contributed by atoms with E-state index >= 15 is 0 Å². The third kappa shape index (κ3) is 2.25. The van der Waals surface area contributed by atoms with E-state index in [0.717, 1.165) is 17.8 Å². The van der Waals surface area contributed by atoms with E-state index in [1.807, 2.05) is 0 Å². The lowest BCUT2D eigenvalue weighted by molar-refractivity contribution is -0.136. The standard InChI is InChI=1S/C16H22O2/c1-2-5-18-15(17)3-4-16-9-12-6-13(10-16)8-14(7-12)11-16/h2-4,12-14H,1,5-11H2. The van der Waals surface area contributed by atoms with E-state index in [9.17, 15) is 4.79 Å². The van der Waals surface area contributed by atoms with E-state index in [0.29, 0.717) is 12.0 Å². The fraction of sp³-hybridized carbons (Fsp3) is 0.688. The molecule has 4 bridgehead atoms. The first-order chi connectivity index (χ1) is 8.69. The molecule has 0 aromatic carbocycles. The summed E-state index contributed by atoms with van der Waals surface area (Å²) in [6, 6.07) is 0. The molecule has 0 spiro atoms. The minimum atomic E-state index is -0.217. The van der Waals surface area contributed by atoms with Crippen LogP contribution in [0.2, 0.25) is 0 Å². The molecule has 2 heteroatoms. The van der Waals surface area contributed by atoms with Gasteiger partial charge < -0.3 is 4.74 Å². The number of carbonyl (C=O) groups is 1. The molecule has 0 unspecified atom stereocenters. The highest BCUT2D eigenvalue weighted by molar-refractivity contribution is 5.82. The maximum atomic E-state index is 11.5. The van der Waals surface area contributed by atoms with Crippen LogP contribution in [0.15, 0.2) is 24.8 Å². The molecule has 98 valence electrons. The van der Waals surface area contributed by atoms with Gasteiger partial charge in [0.1, 0.15) is 6.61 Å². The third-order valence-corrected chi connectivity index (χ3v) is 5.00. The highest BCUT2D eigenvalue weighted by Crippen LogP contribution is 2.60. The van der Waals surface area contributed by atoms with Gasteiger partial charge in [-0.15, -0.1) is 0 Å². The van der Waals surface area contributed by atoms with Crippen molar-refractivity contribution in [3.63, 3.8) is 0 Å². The second kappa shape index (κ2) is 4.56. The van der Waals surface area contributed by atoms with Crippen LogP contribution in [0.5, 0.6) is 0 Å². The normalized spacial score (nSPS) is 41.2. The van der Waals surface area contributed by atoms with E-state index in [1.54, 1.807) is 12.2 Å². The Labute approximate surface area is 109 Å². The van der Waals surface area contributed by atoms with Gasteiger partial charge in [-0.3, -0.25) is 0 Å². The predicted octanol–water partition coefficient (Wildman–Crippen LogP) is 3.49. The molecule has 2 nitrogen and oxygen atoms in total. The molecule has 4 aliphatic carbocycles. The summed E-state index contributed by atoms with van der Waals surface area (Å²) in [5.74, 6) is 2.55. The highest BCUT2D eigenvalue weighted by atomic mass is 16.5. The maximum Gasteiger partial charge on any atom is 0.330 e. The Morgan fingerprint density at radius 3 is 2.22 bits per heavy atom. The number of allylic oxidation sites excluding steroid dienone is 1. The van der Waals surface area contributed by atoms with Gasteiger partial charge in [0.2, 0.25) is 0 Å². The van der Waals surface area contributed by atoms with Gasteiger partial charge in [-0.05, 0) is 61.7 Å². The van der Waals surface area contributed by atoms with Gasteiger partial charge in [-0.1, -0.05) is 18.7 Å². The molecule has 0 saturated heterocycles. The Balaban J connectivity index is 1.66. The molecule has 4 fully saturated rings. The van der Waals surface area contributed by atoms with Crippen molar-refractivity contribution in [1.29, 1.82) is 0 Å². The Kier molecular flexibility index (Phi) is 3.04. The summed E-state index contributed by atoms with van der Waals surface area (Å²) >= 11 is 0. The van der Waals surface area contributed by atoms with Crippen LogP contribution in [0.1, 0.15) is 38.5 Å². The molecule has 0 N–H and O–H groups in total. The van der Waals surface area contributed by atoms with E-state index < -0.39 is 0 Å². The van der Waals surface area contributed by atoms with Crippen molar-refractivity contribution < 1.29 is 9.53 Å². The summed E-state index contributed by atoms with van der Waals surface area (Å²) < 4.78 is 5.01. The molecule has 0 aromatic rings. The van der Waals surface area contributed by atoms with Gasteiger partial charge in [-0.25, -0.2) is 4.79 Å². The fourth-order valence-electron chi connectivity index (χ4n) is 4.82.